The van der Waals surface area contributed by atoms with Crippen LogP contribution in [0.2, 0.25) is 0 Å². The monoisotopic (exact) mass is 384 g/mol. The fourth-order valence-electron chi connectivity index (χ4n) is 2.93. The lowest BCUT2D eigenvalue weighted by atomic mass is 10.1. The molecule has 0 saturated carbocycles. The molecule has 0 aliphatic carbocycles. The number of esters is 1. The van der Waals surface area contributed by atoms with Gasteiger partial charge in [-0.15, -0.1) is 0 Å². The number of nitrogens with zero attached hydrogens (tertiary/aromatic N) is 3. The number of carbonyl (C=O) groups excluding carboxylic acids is 4. The molecule has 1 aromatic heterocycles. The SMILES string of the molecule is CC(C)n1nccc1NC(=O)COC(=O)[C@@H](C)N1C(=O)c2ccccc2C1=O. The number of ether oxygens (including phenoxy) is 1. The quantitative estimate of drug-likeness (QED) is 0.599. The van der Waals surface area contributed by atoms with E-state index in [2.05, 4.69) is 10.4 Å². The van der Waals surface area contributed by atoms with Crippen molar-refractivity contribution in [1.29, 1.82) is 0 Å². The summed E-state index contributed by atoms with van der Waals surface area (Å²) in [5.74, 6) is -2.04. The second kappa shape index (κ2) is 7.63. The van der Waals surface area contributed by atoms with E-state index in [0.29, 0.717) is 5.82 Å². The molecule has 2 aromatic rings. The van der Waals surface area contributed by atoms with Crippen LogP contribution in [0.1, 0.15) is 47.5 Å². The fraction of sp³-hybridized carbons (Fsp3) is 0.316. The van der Waals surface area contributed by atoms with E-state index >= 15 is 0 Å². The highest BCUT2D eigenvalue weighted by Gasteiger charge is 2.41. The Bertz CT molecular complexity index is 914. The van der Waals surface area contributed by atoms with Crippen LogP contribution in [0, 0.1) is 0 Å². The Labute approximate surface area is 161 Å². The number of aromatic nitrogens is 2. The van der Waals surface area contributed by atoms with E-state index in [1.165, 1.54) is 19.1 Å². The first-order valence-electron chi connectivity index (χ1n) is 8.78. The van der Waals surface area contributed by atoms with Crippen LogP contribution in [0.15, 0.2) is 36.5 Å². The van der Waals surface area contributed by atoms with Crippen LogP contribution in [0.3, 0.4) is 0 Å². The molecular formula is C19H20N4O5. The summed E-state index contributed by atoms with van der Waals surface area (Å²) in [5, 5.41) is 6.70. The zero-order valence-corrected chi connectivity index (χ0v) is 15.7. The number of amides is 3. The van der Waals surface area contributed by atoms with Crippen molar-refractivity contribution in [2.24, 2.45) is 0 Å². The van der Waals surface area contributed by atoms with Gasteiger partial charge in [0.25, 0.3) is 17.7 Å². The van der Waals surface area contributed by atoms with Crippen molar-refractivity contribution in [3.63, 3.8) is 0 Å². The van der Waals surface area contributed by atoms with Gasteiger partial charge in [-0.05, 0) is 32.9 Å². The lowest BCUT2D eigenvalue weighted by Gasteiger charge is -2.20. The molecule has 0 fully saturated rings. The average molecular weight is 384 g/mol. The molecule has 3 rings (SSSR count). The van der Waals surface area contributed by atoms with Crippen LogP contribution < -0.4 is 5.32 Å². The standard InChI is InChI=1S/C19H20N4O5/c1-11(2)23-15(8-9-20-23)21-16(24)10-28-19(27)12(3)22-17(25)13-6-4-5-7-14(13)18(22)26/h4-9,11-12H,10H2,1-3H3,(H,21,24)/t12-/m1/s1. The Morgan fingerprint density at radius 1 is 1.07 bits per heavy atom. The normalized spacial score (nSPS) is 14.2. The van der Waals surface area contributed by atoms with Gasteiger partial charge in [-0.3, -0.25) is 19.3 Å². The number of carbonyl (C=O) groups is 4. The first kappa shape index (κ1) is 19.3. The van der Waals surface area contributed by atoms with Crippen LogP contribution in [0.4, 0.5) is 5.82 Å². The Hall–Kier alpha value is -3.49. The second-order valence-corrected chi connectivity index (χ2v) is 6.61. The topological polar surface area (TPSA) is 111 Å². The molecule has 28 heavy (non-hydrogen) atoms. The molecule has 1 N–H and O–H groups in total. The van der Waals surface area contributed by atoms with E-state index in [1.807, 2.05) is 13.8 Å². The number of imide groups is 1. The number of anilines is 1. The van der Waals surface area contributed by atoms with E-state index in [9.17, 15) is 19.2 Å². The summed E-state index contributed by atoms with van der Waals surface area (Å²) in [6, 6.07) is 6.85. The average Bonchev–Trinajstić information content (AvgIpc) is 3.23. The highest BCUT2D eigenvalue weighted by Crippen LogP contribution is 2.24. The molecule has 0 radical (unpaired) electrons. The minimum Gasteiger partial charge on any atom is -0.454 e. The summed E-state index contributed by atoms with van der Waals surface area (Å²) >= 11 is 0. The third-order valence-corrected chi connectivity index (χ3v) is 4.33. The number of rotatable bonds is 6. The molecule has 9 nitrogen and oxygen atoms in total. The third kappa shape index (κ3) is 3.51. The maximum Gasteiger partial charge on any atom is 0.329 e. The largest absolute Gasteiger partial charge is 0.454 e. The first-order chi connectivity index (χ1) is 13.3. The van der Waals surface area contributed by atoms with Crippen molar-refractivity contribution >= 4 is 29.5 Å². The minimum absolute atomic E-state index is 0.0432. The molecule has 0 spiro atoms. The molecule has 146 valence electrons. The van der Waals surface area contributed by atoms with E-state index in [4.69, 9.17) is 4.74 Å². The zero-order valence-electron chi connectivity index (χ0n) is 15.7. The number of hydrogen-bond acceptors (Lipinski definition) is 6. The number of fused-ring (bicyclic) bond motifs is 1. The lowest BCUT2D eigenvalue weighted by Crippen LogP contribution is -2.44. The smallest absolute Gasteiger partial charge is 0.329 e. The van der Waals surface area contributed by atoms with Crippen molar-refractivity contribution < 1.29 is 23.9 Å². The molecule has 0 saturated heterocycles. The van der Waals surface area contributed by atoms with Gasteiger partial charge in [0.15, 0.2) is 6.61 Å². The molecule has 3 amide bonds. The molecule has 0 bridgehead atoms. The van der Waals surface area contributed by atoms with Crippen molar-refractivity contribution in [2.45, 2.75) is 32.9 Å². The molecule has 1 aliphatic rings. The molecular weight excluding hydrogens is 364 g/mol. The van der Waals surface area contributed by atoms with Crippen LogP contribution in [0.25, 0.3) is 0 Å². The van der Waals surface area contributed by atoms with Crippen LogP contribution in [0.5, 0.6) is 0 Å². The molecule has 2 heterocycles. The van der Waals surface area contributed by atoms with Gasteiger partial charge in [0.2, 0.25) is 0 Å². The van der Waals surface area contributed by atoms with E-state index < -0.39 is 36.3 Å². The van der Waals surface area contributed by atoms with Crippen LogP contribution in [-0.2, 0) is 14.3 Å². The molecule has 0 unspecified atom stereocenters. The van der Waals surface area contributed by atoms with Gasteiger partial charge in [-0.25, -0.2) is 9.48 Å². The van der Waals surface area contributed by atoms with Crippen molar-refractivity contribution in [3.05, 3.63) is 47.7 Å². The summed E-state index contributed by atoms with van der Waals surface area (Å²) in [6.07, 6.45) is 1.55. The van der Waals surface area contributed by atoms with Gasteiger partial charge in [0.05, 0.1) is 17.3 Å². The molecule has 9 heteroatoms. The summed E-state index contributed by atoms with van der Waals surface area (Å²) in [6.45, 7) is 4.66. The number of hydrogen-bond donors (Lipinski definition) is 1. The number of benzene rings is 1. The Kier molecular flexibility index (Phi) is 5.25. The third-order valence-electron chi connectivity index (χ3n) is 4.33. The molecule has 1 aliphatic heterocycles. The number of nitrogens with one attached hydrogen (secondary N) is 1. The Morgan fingerprint density at radius 2 is 1.68 bits per heavy atom. The van der Waals surface area contributed by atoms with E-state index in [0.717, 1.165) is 4.90 Å². The van der Waals surface area contributed by atoms with Gasteiger partial charge < -0.3 is 10.1 Å². The maximum atomic E-state index is 12.4. The molecule has 1 atom stereocenters. The highest BCUT2D eigenvalue weighted by atomic mass is 16.5. The van der Waals surface area contributed by atoms with E-state index in [1.54, 1.807) is 29.1 Å². The molecule has 1 aromatic carbocycles. The Balaban J connectivity index is 1.59. The van der Waals surface area contributed by atoms with Gasteiger partial charge in [0.1, 0.15) is 11.9 Å². The lowest BCUT2D eigenvalue weighted by molar-refractivity contribution is -0.150. The van der Waals surface area contributed by atoms with Gasteiger partial charge in [-0.1, -0.05) is 12.1 Å². The summed E-state index contributed by atoms with van der Waals surface area (Å²) in [7, 11) is 0. The zero-order chi connectivity index (χ0) is 20.4. The summed E-state index contributed by atoms with van der Waals surface area (Å²) in [4.78, 5) is 50.0. The van der Waals surface area contributed by atoms with E-state index in [-0.39, 0.29) is 17.2 Å². The predicted molar refractivity (Wildman–Crippen MR) is 98.6 cm³/mol. The van der Waals surface area contributed by atoms with Crippen molar-refractivity contribution in [3.8, 4) is 0 Å². The fourth-order valence-corrected chi connectivity index (χ4v) is 2.93. The first-order valence-corrected chi connectivity index (χ1v) is 8.78. The van der Waals surface area contributed by atoms with Gasteiger partial charge in [0, 0.05) is 12.1 Å². The van der Waals surface area contributed by atoms with Gasteiger partial charge in [-0.2, -0.15) is 5.10 Å². The maximum absolute atomic E-state index is 12.4. The van der Waals surface area contributed by atoms with Gasteiger partial charge >= 0.3 is 5.97 Å². The predicted octanol–water partition coefficient (Wildman–Crippen LogP) is 1.63. The van der Waals surface area contributed by atoms with Crippen LogP contribution >= 0.6 is 0 Å². The van der Waals surface area contributed by atoms with Crippen molar-refractivity contribution in [2.75, 3.05) is 11.9 Å². The van der Waals surface area contributed by atoms with Crippen molar-refractivity contribution in [1.82, 2.24) is 14.7 Å². The second-order valence-electron chi connectivity index (χ2n) is 6.61. The highest BCUT2D eigenvalue weighted by molar-refractivity contribution is 6.22. The Morgan fingerprint density at radius 3 is 2.25 bits per heavy atom. The summed E-state index contributed by atoms with van der Waals surface area (Å²) in [5.41, 5.74) is 0.485. The summed E-state index contributed by atoms with van der Waals surface area (Å²) < 4.78 is 6.61. The minimum atomic E-state index is -1.15. The van der Waals surface area contributed by atoms with Crippen LogP contribution in [-0.4, -0.2) is 51.0 Å².